The van der Waals surface area contributed by atoms with Gasteiger partial charge in [-0.05, 0) is 32.6 Å². The molecule has 13 heavy (non-hydrogen) atoms. The van der Waals surface area contributed by atoms with Crippen molar-refractivity contribution in [3.8, 4) is 0 Å². The van der Waals surface area contributed by atoms with Gasteiger partial charge < -0.3 is 15.1 Å². The van der Waals surface area contributed by atoms with E-state index in [-0.39, 0.29) is 6.04 Å². The van der Waals surface area contributed by atoms with Crippen LogP contribution in [0.1, 0.15) is 24.5 Å². The largest absolute Gasteiger partial charge is 0.465 e. The fourth-order valence-electron chi connectivity index (χ4n) is 1.27. The van der Waals surface area contributed by atoms with Crippen molar-refractivity contribution in [1.82, 2.24) is 10.6 Å². The Morgan fingerprint density at radius 1 is 1.46 bits per heavy atom. The summed E-state index contributed by atoms with van der Waals surface area (Å²) in [5.74, 6) is 1.97. The van der Waals surface area contributed by atoms with E-state index in [0.717, 1.165) is 24.6 Å². The molecule has 0 aliphatic heterocycles. The van der Waals surface area contributed by atoms with Gasteiger partial charge in [-0.25, -0.2) is 0 Å². The van der Waals surface area contributed by atoms with Crippen LogP contribution in [0.25, 0.3) is 0 Å². The Balaban J connectivity index is 2.56. The lowest BCUT2D eigenvalue weighted by Gasteiger charge is -2.13. The molecule has 1 atom stereocenters. The molecule has 1 aromatic rings. The zero-order chi connectivity index (χ0) is 9.68. The molecule has 1 aromatic heterocycles. The number of nitrogens with one attached hydrogen (secondary N) is 2. The van der Waals surface area contributed by atoms with E-state index in [4.69, 9.17) is 4.42 Å². The Bertz CT molecular complexity index is 245. The van der Waals surface area contributed by atoms with Gasteiger partial charge >= 0.3 is 0 Å². The molecule has 3 heteroatoms. The minimum Gasteiger partial charge on any atom is -0.465 e. The monoisotopic (exact) mass is 182 g/mol. The first-order valence-corrected chi connectivity index (χ1v) is 4.72. The summed E-state index contributed by atoms with van der Waals surface area (Å²) in [6.45, 7) is 5.95. The van der Waals surface area contributed by atoms with E-state index in [0.29, 0.717) is 0 Å². The molecule has 1 unspecified atom stereocenters. The summed E-state index contributed by atoms with van der Waals surface area (Å²) in [6, 6.07) is 4.29. The van der Waals surface area contributed by atoms with Crippen LogP contribution in [0.3, 0.4) is 0 Å². The molecule has 0 aromatic carbocycles. The van der Waals surface area contributed by atoms with Crippen LogP contribution in [0.5, 0.6) is 0 Å². The van der Waals surface area contributed by atoms with Gasteiger partial charge in [0.15, 0.2) is 0 Å². The van der Waals surface area contributed by atoms with Gasteiger partial charge in [0.1, 0.15) is 11.5 Å². The highest BCUT2D eigenvalue weighted by Gasteiger charge is 2.11. The Kier molecular flexibility index (Phi) is 3.99. The summed E-state index contributed by atoms with van der Waals surface area (Å²) >= 11 is 0. The van der Waals surface area contributed by atoms with Gasteiger partial charge in [-0.15, -0.1) is 0 Å². The predicted molar refractivity (Wildman–Crippen MR) is 53.8 cm³/mol. The van der Waals surface area contributed by atoms with Gasteiger partial charge in [0.25, 0.3) is 0 Å². The van der Waals surface area contributed by atoms with Crippen molar-refractivity contribution < 1.29 is 4.42 Å². The van der Waals surface area contributed by atoms with E-state index in [9.17, 15) is 0 Å². The third kappa shape index (κ3) is 2.86. The van der Waals surface area contributed by atoms with Crippen LogP contribution in [0.4, 0.5) is 0 Å². The summed E-state index contributed by atoms with van der Waals surface area (Å²) in [4.78, 5) is 0. The molecule has 1 rings (SSSR count). The average molecular weight is 182 g/mol. The first kappa shape index (κ1) is 10.3. The van der Waals surface area contributed by atoms with Crippen molar-refractivity contribution in [2.24, 2.45) is 0 Å². The van der Waals surface area contributed by atoms with E-state index >= 15 is 0 Å². The van der Waals surface area contributed by atoms with Gasteiger partial charge in [0.2, 0.25) is 0 Å². The molecule has 0 aliphatic carbocycles. The van der Waals surface area contributed by atoms with Crippen molar-refractivity contribution in [3.63, 3.8) is 0 Å². The zero-order valence-electron chi connectivity index (χ0n) is 8.55. The molecule has 0 spiro atoms. The second kappa shape index (κ2) is 5.04. The Hall–Kier alpha value is -0.800. The lowest BCUT2D eigenvalue weighted by molar-refractivity contribution is 0.404. The first-order chi connectivity index (χ1) is 6.27. The topological polar surface area (TPSA) is 37.2 Å². The Labute approximate surface area is 79.5 Å². The summed E-state index contributed by atoms with van der Waals surface area (Å²) in [5.41, 5.74) is 0. The maximum atomic E-state index is 5.53. The fraction of sp³-hybridized carbons (Fsp3) is 0.600. The highest BCUT2D eigenvalue weighted by atomic mass is 16.3. The summed E-state index contributed by atoms with van der Waals surface area (Å²) in [7, 11) is 1.94. The van der Waals surface area contributed by atoms with Gasteiger partial charge in [-0.1, -0.05) is 6.92 Å². The SMILES string of the molecule is CCNCC(NC)c1ccc(C)o1. The van der Waals surface area contributed by atoms with Gasteiger partial charge in [-0.2, -0.15) is 0 Å². The molecule has 1 heterocycles. The molecule has 0 aliphatic rings. The lowest BCUT2D eigenvalue weighted by atomic mass is 10.2. The number of hydrogen-bond acceptors (Lipinski definition) is 3. The molecular formula is C10H18N2O. The van der Waals surface area contributed by atoms with Gasteiger partial charge in [0.05, 0.1) is 6.04 Å². The highest BCUT2D eigenvalue weighted by molar-refractivity contribution is 5.09. The van der Waals surface area contributed by atoms with Crippen molar-refractivity contribution in [2.75, 3.05) is 20.1 Å². The van der Waals surface area contributed by atoms with Crippen molar-refractivity contribution in [1.29, 1.82) is 0 Å². The molecule has 0 radical (unpaired) electrons. The summed E-state index contributed by atoms with van der Waals surface area (Å²) < 4.78 is 5.53. The summed E-state index contributed by atoms with van der Waals surface area (Å²) in [5, 5.41) is 6.49. The van der Waals surface area contributed by atoms with E-state index in [1.54, 1.807) is 0 Å². The fourth-order valence-corrected chi connectivity index (χ4v) is 1.27. The minimum atomic E-state index is 0.272. The first-order valence-electron chi connectivity index (χ1n) is 4.72. The van der Waals surface area contributed by atoms with E-state index in [2.05, 4.69) is 17.6 Å². The van der Waals surface area contributed by atoms with Crippen molar-refractivity contribution in [3.05, 3.63) is 23.7 Å². The molecule has 0 saturated heterocycles. The molecular weight excluding hydrogens is 164 g/mol. The summed E-state index contributed by atoms with van der Waals surface area (Å²) in [6.07, 6.45) is 0. The van der Waals surface area contributed by atoms with E-state index in [1.807, 2.05) is 26.1 Å². The second-order valence-corrected chi connectivity index (χ2v) is 3.10. The maximum Gasteiger partial charge on any atom is 0.122 e. The van der Waals surface area contributed by atoms with Crippen LogP contribution in [-0.2, 0) is 0 Å². The number of likely N-dealkylation sites (N-methyl/N-ethyl adjacent to an activating group) is 2. The molecule has 74 valence electrons. The zero-order valence-corrected chi connectivity index (χ0v) is 8.55. The average Bonchev–Trinajstić information content (AvgIpc) is 2.54. The van der Waals surface area contributed by atoms with Crippen molar-refractivity contribution in [2.45, 2.75) is 19.9 Å². The predicted octanol–water partition coefficient (Wildman–Crippen LogP) is 1.46. The third-order valence-electron chi connectivity index (χ3n) is 2.05. The molecule has 0 saturated carbocycles. The number of hydrogen-bond donors (Lipinski definition) is 2. The van der Waals surface area contributed by atoms with Crippen LogP contribution in [-0.4, -0.2) is 20.1 Å². The number of furan rings is 1. The van der Waals surface area contributed by atoms with Crippen LogP contribution in [0.2, 0.25) is 0 Å². The molecule has 0 fully saturated rings. The van der Waals surface area contributed by atoms with Crippen molar-refractivity contribution >= 4 is 0 Å². The van der Waals surface area contributed by atoms with E-state index in [1.165, 1.54) is 0 Å². The van der Waals surface area contributed by atoms with Gasteiger partial charge in [-0.3, -0.25) is 0 Å². The molecule has 2 N–H and O–H groups in total. The maximum absolute atomic E-state index is 5.53. The van der Waals surface area contributed by atoms with E-state index < -0.39 is 0 Å². The molecule has 3 nitrogen and oxygen atoms in total. The van der Waals surface area contributed by atoms with Crippen LogP contribution >= 0.6 is 0 Å². The Morgan fingerprint density at radius 2 is 2.23 bits per heavy atom. The standard InChI is InChI=1S/C10H18N2O/c1-4-12-7-9(11-3)10-6-5-8(2)13-10/h5-6,9,11-12H,4,7H2,1-3H3. The smallest absolute Gasteiger partial charge is 0.122 e. The molecule has 0 amide bonds. The minimum absolute atomic E-state index is 0.272. The highest BCUT2D eigenvalue weighted by Crippen LogP contribution is 2.14. The van der Waals surface area contributed by atoms with Crippen LogP contribution in [0.15, 0.2) is 16.5 Å². The van der Waals surface area contributed by atoms with Crippen LogP contribution < -0.4 is 10.6 Å². The quantitative estimate of drug-likeness (QED) is 0.724. The van der Waals surface area contributed by atoms with Gasteiger partial charge in [0, 0.05) is 6.54 Å². The second-order valence-electron chi connectivity index (χ2n) is 3.10. The number of aryl methyl sites for hydroxylation is 1. The van der Waals surface area contributed by atoms with Crippen LogP contribution in [0, 0.1) is 6.92 Å². The normalized spacial score (nSPS) is 13.2. The third-order valence-corrected chi connectivity index (χ3v) is 2.05. The number of rotatable bonds is 5. The molecule has 0 bridgehead atoms. The Morgan fingerprint density at radius 3 is 2.69 bits per heavy atom. The lowest BCUT2D eigenvalue weighted by Crippen LogP contribution is -2.28.